The van der Waals surface area contributed by atoms with E-state index in [1.807, 2.05) is 42.1 Å². The van der Waals surface area contributed by atoms with Gasteiger partial charge in [0.05, 0.1) is 5.69 Å². The fourth-order valence-electron chi connectivity index (χ4n) is 1.38. The maximum Gasteiger partial charge on any atom is 0.110 e. The van der Waals surface area contributed by atoms with Crippen LogP contribution in [0.15, 0.2) is 46.3 Å². The average Bonchev–Trinajstić information content (AvgIpc) is 2.31. The molecule has 0 saturated heterocycles. The van der Waals surface area contributed by atoms with Gasteiger partial charge in [-0.25, -0.2) is 4.99 Å². The van der Waals surface area contributed by atoms with E-state index in [0.717, 1.165) is 17.9 Å². The van der Waals surface area contributed by atoms with Gasteiger partial charge in [-0.05, 0) is 24.8 Å². The van der Waals surface area contributed by atoms with Gasteiger partial charge < -0.3 is 0 Å². The molecule has 0 radical (unpaired) electrons. The number of allylic oxidation sites excluding steroid dienone is 1. The Morgan fingerprint density at radius 1 is 1.27 bits per heavy atom. The number of rotatable bonds is 2. The van der Waals surface area contributed by atoms with Crippen LogP contribution in [0.25, 0.3) is 0 Å². The molecular weight excluding hydrogens is 222 g/mol. The molecule has 0 aliphatic carbocycles. The molecule has 0 unspecified atom stereocenters. The Hall–Kier alpha value is -0.670. The summed E-state index contributed by atoms with van der Waals surface area (Å²) in [6, 6.07) is 10.1. The first-order valence-corrected chi connectivity index (χ1v) is 7.12. The molecule has 1 aromatic carbocycles. The van der Waals surface area contributed by atoms with Crippen LogP contribution in [0.5, 0.6) is 0 Å². The van der Waals surface area contributed by atoms with Gasteiger partial charge in [0.15, 0.2) is 0 Å². The van der Waals surface area contributed by atoms with E-state index in [1.54, 1.807) is 11.8 Å². The lowest BCUT2D eigenvalue weighted by molar-refractivity contribution is 1.24. The highest BCUT2D eigenvalue weighted by Gasteiger charge is 2.11. The molecule has 2 rings (SSSR count). The minimum absolute atomic E-state index is 1.04. The van der Waals surface area contributed by atoms with Crippen molar-refractivity contribution in [3.63, 3.8) is 0 Å². The second kappa shape index (κ2) is 5.42. The van der Waals surface area contributed by atoms with Crippen molar-refractivity contribution in [2.45, 2.75) is 6.42 Å². The Labute approximate surface area is 99.1 Å². The molecule has 1 aliphatic rings. The zero-order valence-electron chi connectivity index (χ0n) is 8.64. The normalized spacial score (nSPS) is 19.0. The number of benzene rings is 1. The summed E-state index contributed by atoms with van der Waals surface area (Å²) in [5.74, 6) is 1.15. The first kappa shape index (κ1) is 10.8. The Kier molecular flexibility index (Phi) is 3.92. The Morgan fingerprint density at radius 3 is 2.80 bits per heavy atom. The highest BCUT2D eigenvalue weighted by atomic mass is 32.2. The SMILES string of the molecule is CSC1=CCCSC1=Nc1ccccc1. The van der Waals surface area contributed by atoms with Crippen molar-refractivity contribution in [2.75, 3.05) is 12.0 Å². The summed E-state index contributed by atoms with van der Waals surface area (Å²) in [5, 5.41) is 1.17. The van der Waals surface area contributed by atoms with Crippen LogP contribution in [0.1, 0.15) is 6.42 Å². The molecule has 1 aliphatic heterocycles. The van der Waals surface area contributed by atoms with Gasteiger partial charge in [0, 0.05) is 10.7 Å². The molecule has 1 heterocycles. The van der Waals surface area contributed by atoms with Crippen LogP contribution in [0.3, 0.4) is 0 Å². The first-order valence-electron chi connectivity index (χ1n) is 4.91. The summed E-state index contributed by atoms with van der Waals surface area (Å²) >= 11 is 3.63. The third-order valence-electron chi connectivity index (χ3n) is 2.10. The topological polar surface area (TPSA) is 12.4 Å². The average molecular weight is 235 g/mol. The van der Waals surface area contributed by atoms with Gasteiger partial charge >= 0.3 is 0 Å². The molecule has 0 spiro atoms. The second-order valence-corrected chi connectivity index (χ2v) is 5.09. The molecule has 3 heteroatoms. The lowest BCUT2D eigenvalue weighted by Gasteiger charge is -2.12. The van der Waals surface area contributed by atoms with Crippen LogP contribution in [-0.2, 0) is 0 Å². The van der Waals surface area contributed by atoms with Crippen LogP contribution in [-0.4, -0.2) is 17.1 Å². The molecular formula is C12H13NS2. The number of hydrogen-bond acceptors (Lipinski definition) is 3. The Morgan fingerprint density at radius 2 is 2.07 bits per heavy atom. The number of nitrogens with zero attached hydrogens (tertiary/aromatic N) is 1. The summed E-state index contributed by atoms with van der Waals surface area (Å²) in [7, 11) is 0. The number of hydrogen-bond donors (Lipinski definition) is 0. The predicted octanol–water partition coefficient (Wildman–Crippen LogP) is 4.10. The van der Waals surface area contributed by atoms with Crippen molar-refractivity contribution in [3.05, 3.63) is 41.3 Å². The molecule has 78 valence electrons. The van der Waals surface area contributed by atoms with Crippen LogP contribution < -0.4 is 0 Å². The predicted molar refractivity (Wildman–Crippen MR) is 72.2 cm³/mol. The maximum absolute atomic E-state index is 4.66. The summed E-state index contributed by atoms with van der Waals surface area (Å²) in [6.07, 6.45) is 5.55. The number of aliphatic imine (C=N–C) groups is 1. The van der Waals surface area contributed by atoms with Gasteiger partial charge in [-0.1, -0.05) is 24.3 Å². The largest absolute Gasteiger partial charge is 0.241 e. The van der Waals surface area contributed by atoms with E-state index in [0.29, 0.717) is 0 Å². The minimum Gasteiger partial charge on any atom is -0.241 e. The van der Waals surface area contributed by atoms with Crippen LogP contribution in [0.2, 0.25) is 0 Å². The van der Waals surface area contributed by atoms with E-state index >= 15 is 0 Å². The smallest absolute Gasteiger partial charge is 0.110 e. The van der Waals surface area contributed by atoms with Gasteiger partial charge in [-0.3, -0.25) is 0 Å². The van der Waals surface area contributed by atoms with E-state index in [-0.39, 0.29) is 0 Å². The fourth-order valence-corrected chi connectivity index (χ4v) is 3.14. The van der Waals surface area contributed by atoms with E-state index in [2.05, 4.69) is 17.3 Å². The molecule has 0 saturated carbocycles. The van der Waals surface area contributed by atoms with Crippen LogP contribution in [0, 0.1) is 0 Å². The summed E-state index contributed by atoms with van der Waals surface area (Å²) < 4.78 is 0. The van der Waals surface area contributed by atoms with Crippen LogP contribution in [0.4, 0.5) is 5.69 Å². The molecule has 1 aromatic rings. The Bertz CT molecular complexity index is 382. The monoisotopic (exact) mass is 235 g/mol. The zero-order chi connectivity index (χ0) is 10.5. The minimum atomic E-state index is 1.04. The zero-order valence-corrected chi connectivity index (χ0v) is 10.3. The highest BCUT2D eigenvalue weighted by molar-refractivity contribution is 8.17. The van der Waals surface area contributed by atoms with E-state index in [4.69, 9.17) is 0 Å². The molecule has 0 bridgehead atoms. The van der Waals surface area contributed by atoms with E-state index < -0.39 is 0 Å². The van der Waals surface area contributed by atoms with Crippen molar-refractivity contribution < 1.29 is 0 Å². The molecule has 15 heavy (non-hydrogen) atoms. The molecule has 0 atom stereocenters. The van der Waals surface area contributed by atoms with Crippen molar-refractivity contribution in [3.8, 4) is 0 Å². The van der Waals surface area contributed by atoms with E-state index in [1.165, 1.54) is 9.95 Å². The highest BCUT2D eigenvalue weighted by Crippen LogP contribution is 2.29. The summed E-state index contributed by atoms with van der Waals surface area (Å²) in [5.41, 5.74) is 1.04. The van der Waals surface area contributed by atoms with Gasteiger partial charge in [-0.15, -0.1) is 23.5 Å². The third kappa shape index (κ3) is 2.89. The van der Waals surface area contributed by atoms with Crippen molar-refractivity contribution >= 4 is 34.3 Å². The Balaban J connectivity index is 2.26. The number of thioether (sulfide) groups is 2. The summed E-state index contributed by atoms with van der Waals surface area (Å²) in [6.45, 7) is 0. The molecule has 0 amide bonds. The molecule has 1 nitrogen and oxygen atoms in total. The summed E-state index contributed by atoms with van der Waals surface area (Å²) in [4.78, 5) is 5.98. The van der Waals surface area contributed by atoms with Gasteiger partial charge in [0.2, 0.25) is 0 Å². The molecule has 0 N–H and O–H groups in total. The third-order valence-corrected chi connectivity index (χ3v) is 4.06. The quantitative estimate of drug-likeness (QED) is 0.765. The standard InChI is InChI=1S/C12H13NS2/c1-14-11-8-5-9-15-12(11)13-10-6-3-2-4-7-10/h2-4,6-8H,5,9H2,1H3. The maximum atomic E-state index is 4.66. The number of para-hydroxylation sites is 1. The fraction of sp³-hybridized carbons (Fsp3) is 0.250. The van der Waals surface area contributed by atoms with Crippen molar-refractivity contribution in [1.82, 2.24) is 0 Å². The molecule has 0 aromatic heterocycles. The lowest BCUT2D eigenvalue weighted by Crippen LogP contribution is -2.01. The molecule has 0 fully saturated rings. The lowest BCUT2D eigenvalue weighted by atomic mass is 10.3. The van der Waals surface area contributed by atoms with Crippen molar-refractivity contribution in [2.24, 2.45) is 4.99 Å². The first-order chi connectivity index (χ1) is 7.40. The van der Waals surface area contributed by atoms with Crippen molar-refractivity contribution in [1.29, 1.82) is 0 Å². The second-order valence-electron chi connectivity index (χ2n) is 3.16. The van der Waals surface area contributed by atoms with Crippen LogP contribution >= 0.6 is 23.5 Å². The van der Waals surface area contributed by atoms with Gasteiger partial charge in [0.25, 0.3) is 0 Å². The van der Waals surface area contributed by atoms with Gasteiger partial charge in [-0.2, -0.15) is 0 Å². The van der Waals surface area contributed by atoms with E-state index in [9.17, 15) is 0 Å². The van der Waals surface area contributed by atoms with Gasteiger partial charge in [0.1, 0.15) is 5.04 Å².